The molecule has 1 fully saturated rings. The van der Waals surface area contributed by atoms with Gasteiger partial charge in [0.1, 0.15) is 12.2 Å². The van der Waals surface area contributed by atoms with Gasteiger partial charge in [0.05, 0.1) is 5.69 Å². The number of rotatable bonds is 6. The Morgan fingerprint density at radius 1 is 1.18 bits per heavy atom. The second-order valence-corrected chi connectivity index (χ2v) is 10.3. The Kier molecular flexibility index (Phi) is 7.20. The number of amides is 1. The molecule has 2 aromatic carbocycles. The molecule has 0 spiro atoms. The lowest BCUT2D eigenvalue weighted by Crippen LogP contribution is -2.51. The van der Waals surface area contributed by atoms with Crippen LogP contribution in [0.2, 0.25) is 0 Å². The molecule has 204 valence electrons. The summed E-state index contributed by atoms with van der Waals surface area (Å²) in [6, 6.07) is 14.7. The minimum absolute atomic E-state index is 0.112. The van der Waals surface area contributed by atoms with Crippen LogP contribution in [0.3, 0.4) is 0 Å². The average molecular weight is 538 g/mol. The number of halogens is 3. The molecule has 0 radical (unpaired) electrons. The van der Waals surface area contributed by atoms with Crippen molar-refractivity contribution in [2.45, 2.75) is 63.9 Å². The topological polar surface area (TPSA) is 91.9 Å². The van der Waals surface area contributed by atoms with Crippen LogP contribution in [0.4, 0.5) is 23.9 Å². The van der Waals surface area contributed by atoms with Crippen LogP contribution in [0.5, 0.6) is 0 Å². The number of nitrogens with zero attached hydrogens (tertiary/aromatic N) is 2. The minimum Gasteiger partial charge on any atom is -0.445 e. The van der Waals surface area contributed by atoms with Crippen LogP contribution < -0.4 is 10.6 Å². The van der Waals surface area contributed by atoms with Crippen molar-refractivity contribution in [1.82, 2.24) is 20.3 Å². The molecule has 1 aliphatic rings. The molecule has 1 amide bonds. The lowest BCUT2D eigenvalue weighted by Gasteiger charge is -2.38. The van der Waals surface area contributed by atoms with Crippen molar-refractivity contribution >= 4 is 22.9 Å². The molecule has 10 heteroatoms. The van der Waals surface area contributed by atoms with E-state index in [1.807, 2.05) is 56.3 Å². The number of aromatic amines is 1. The summed E-state index contributed by atoms with van der Waals surface area (Å²) in [4.78, 5) is 24.0. The molecule has 4 aromatic rings. The Labute approximate surface area is 224 Å². The molecule has 5 rings (SSSR count). The van der Waals surface area contributed by atoms with Gasteiger partial charge in [0, 0.05) is 40.4 Å². The van der Waals surface area contributed by atoms with Crippen LogP contribution in [0.15, 0.2) is 60.9 Å². The van der Waals surface area contributed by atoms with Crippen LogP contribution in [-0.2, 0) is 17.5 Å². The van der Waals surface area contributed by atoms with Gasteiger partial charge < -0.3 is 20.4 Å². The summed E-state index contributed by atoms with van der Waals surface area (Å²) >= 11 is 0. The molecule has 7 nitrogen and oxygen atoms in total. The normalized spacial score (nSPS) is 19.6. The number of carbonyl (C=O) groups excluding carboxylic acids is 1. The molecule has 3 N–H and O–H groups in total. The Morgan fingerprint density at radius 2 is 1.97 bits per heavy atom. The molecule has 2 aromatic heterocycles. The number of fused-ring (bicyclic) bond motifs is 1. The molecule has 39 heavy (non-hydrogen) atoms. The van der Waals surface area contributed by atoms with E-state index >= 15 is 0 Å². The van der Waals surface area contributed by atoms with Crippen molar-refractivity contribution in [1.29, 1.82) is 0 Å². The van der Waals surface area contributed by atoms with Gasteiger partial charge >= 0.3 is 12.3 Å². The minimum atomic E-state index is -4.62. The van der Waals surface area contributed by atoms with Gasteiger partial charge in [0.2, 0.25) is 5.95 Å². The van der Waals surface area contributed by atoms with Crippen molar-refractivity contribution in [3.8, 4) is 11.3 Å². The predicted molar refractivity (Wildman–Crippen MR) is 143 cm³/mol. The van der Waals surface area contributed by atoms with Gasteiger partial charge in [-0.2, -0.15) is 13.2 Å². The molecular weight excluding hydrogens is 507 g/mol. The number of para-hydroxylation sites is 1. The SMILES string of the molecule is Cc1cccc2c(-c3nc(N[C@@H]4CCC[C@](C)(NC(=O)OCc5ccccc5)C4)ncc3C(F)(F)F)c[nH]c12. The number of alkyl halides is 3. The summed E-state index contributed by atoms with van der Waals surface area (Å²) in [5, 5.41) is 6.85. The van der Waals surface area contributed by atoms with Crippen molar-refractivity contribution in [3.63, 3.8) is 0 Å². The van der Waals surface area contributed by atoms with Crippen LogP contribution >= 0.6 is 0 Å². The summed E-state index contributed by atoms with van der Waals surface area (Å²) in [5.74, 6) is 0.112. The first-order chi connectivity index (χ1) is 18.6. The first-order valence-electron chi connectivity index (χ1n) is 12.9. The molecule has 2 atom stereocenters. The van der Waals surface area contributed by atoms with Crippen LogP contribution in [0.25, 0.3) is 22.2 Å². The van der Waals surface area contributed by atoms with Gasteiger partial charge in [-0.05, 0) is 50.7 Å². The second-order valence-electron chi connectivity index (χ2n) is 10.3. The largest absolute Gasteiger partial charge is 0.445 e. The third-order valence-electron chi connectivity index (χ3n) is 7.20. The third-order valence-corrected chi connectivity index (χ3v) is 7.20. The quantitative estimate of drug-likeness (QED) is 0.247. The number of hydrogen-bond acceptors (Lipinski definition) is 5. The number of nitrogens with one attached hydrogen (secondary N) is 3. The summed E-state index contributed by atoms with van der Waals surface area (Å²) < 4.78 is 47.2. The number of H-pyrrole nitrogens is 1. The Hall–Kier alpha value is -4.08. The number of alkyl carbamates (subject to hydrolysis) is 1. The van der Waals surface area contributed by atoms with Gasteiger partial charge in [0.25, 0.3) is 0 Å². The van der Waals surface area contributed by atoms with Gasteiger partial charge in [-0.3, -0.25) is 0 Å². The van der Waals surface area contributed by atoms with Gasteiger partial charge in [-0.15, -0.1) is 0 Å². The molecule has 0 bridgehead atoms. The van der Waals surface area contributed by atoms with Crippen molar-refractivity contribution < 1.29 is 22.7 Å². The lowest BCUT2D eigenvalue weighted by atomic mass is 9.80. The monoisotopic (exact) mass is 537 g/mol. The van der Waals surface area contributed by atoms with E-state index in [0.717, 1.165) is 42.1 Å². The third kappa shape index (κ3) is 6.00. The van der Waals surface area contributed by atoms with E-state index in [-0.39, 0.29) is 24.3 Å². The van der Waals surface area contributed by atoms with Crippen molar-refractivity contribution in [3.05, 3.63) is 77.6 Å². The first-order valence-corrected chi connectivity index (χ1v) is 12.9. The Balaban J connectivity index is 1.33. The van der Waals surface area contributed by atoms with E-state index in [1.165, 1.54) is 0 Å². The number of ether oxygens (including phenoxy) is 1. The van der Waals surface area contributed by atoms with Crippen LogP contribution in [0.1, 0.15) is 49.3 Å². The molecular formula is C29H30F3N5O2. The van der Waals surface area contributed by atoms with E-state index in [9.17, 15) is 18.0 Å². The smallest absolute Gasteiger partial charge is 0.419 e. The number of carbonyl (C=O) groups is 1. The molecule has 0 saturated heterocycles. The maximum Gasteiger partial charge on any atom is 0.419 e. The number of aromatic nitrogens is 3. The Bertz CT molecular complexity index is 1470. The first kappa shape index (κ1) is 26.5. The highest BCUT2D eigenvalue weighted by Crippen LogP contribution is 2.39. The van der Waals surface area contributed by atoms with E-state index < -0.39 is 23.4 Å². The zero-order valence-electron chi connectivity index (χ0n) is 21.7. The maximum atomic E-state index is 13.9. The average Bonchev–Trinajstić information content (AvgIpc) is 3.33. The Morgan fingerprint density at radius 3 is 2.74 bits per heavy atom. The molecule has 0 aliphatic heterocycles. The lowest BCUT2D eigenvalue weighted by molar-refractivity contribution is -0.137. The summed E-state index contributed by atoms with van der Waals surface area (Å²) in [6.45, 7) is 4.00. The number of hydrogen-bond donors (Lipinski definition) is 3. The highest BCUT2D eigenvalue weighted by atomic mass is 19.4. The summed E-state index contributed by atoms with van der Waals surface area (Å²) in [7, 11) is 0. The molecule has 1 saturated carbocycles. The van der Waals surface area contributed by atoms with Gasteiger partial charge in [-0.25, -0.2) is 14.8 Å². The van der Waals surface area contributed by atoms with Gasteiger partial charge in [-0.1, -0.05) is 48.5 Å². The van der Waals surface area contributed by atoms with E-state index in [4.69, 9.17) is 4.74 Å². The molecule has 1 aliphatic carbocycles. The van der Waals surface area contributed by atoms with E-state index in [1.54, 1.807) is 12.3 Å². The summed E-state index contributed by atoms with van der Waals surface area (Å²) in [5.41, 5.74) is 1.32. The standard InChI is InChI=1S/C29H30F3N5O2/c1-18-8-6-12-21-22(15-33-24(18)21)25-23(29(30,31)32)16-34-26(36-25)35-20-11-7-13-28(2,14-20)37-27(38)39-17-19-9-4-3-5-10-19/h3-6,8-10,12,15-16,20,33H,7,11,13-14,17H2,1-2H3,(H,37,38)(H,34,35,36)/t20-,28+/m1/s1. The highest BCUT2D eigenvalue weighted by Gasteiger charge is 2.37. The number of anilines is 1. The van der Waals surface area contributed by atoms with Gasteiger partial charge in [0.15, 0.2) is 0 Å². The fraction of sp³-hybridized carbons (Fsp3) is 0.345. The second kappa shape index (κ2) is 10.6. The fourth-order valence-electron chi connectivity index (χ4n) is 5.28. The van der Waals surface area contributed by atoms with Crippen LogP contribution in [-0.4, -0.2) is 32.6 Å². The molecule has 0 unspecified atom stereocenters. The molecule has 2 heterocycles. The maximum absolute atomic E-state index is 13.9. The predicted octanol–water partition coefficient (Wildman–Crippen LogP) is 6.99. The zero-order chi connectivity index (χ0) is 27.6. The van der Waals surface area contributed by atoms with Crippen LogP contribution in [0, 0.1) is 6.92 Å². The van der Waals surface area contributed by atoms with E-state index in [0.29, 0.717) is 17.4 Å². The summed E-state index contributed by atoms with van der Waals surface area (Å²) in [6.07, 6.45) is 0.130. The fourth-order valence-corrected chi connectivity index (χ4v) is 5.28. The zero-order valence-corrected chi connectivity index (χ0v) is 21.7. The highest BCUT2D eigenvalue weighted by molar-refractivity contribution is 5.97. The van der Waals surface area contributed by atoms with E-state index in [2.05, 4.69) is 25.6 Å². The number of benzene rings is 2. The number of aryl methyl sites for hydroxylation is 1. The van der Waals surface area contributed by atoms with Crippen molar-refractivity contribution in [2.75, 3.05) is 5.32 Å². The van der Waals surface area contributed by atoms with Crippen molar-refractivity contribution in [2.24, 2.45) is 0 Å².